The van der Waals surface area contributed by atoms with E-state index in [0.29, 0.717) is 6.04 Å². The average Bonchev–Trinajstić information content (AvgIpc) is 2.91. The van der Waals surface area contributed by atoms with Crippen LogP contribution in [0.15, 0.2) is 24.3 Å². The molecule has 2 amide bonds. The molecule has 0 saturated carbocycles. The van der Waals surface area contributed by atoms with Gasteiger partial charge in [-0.25, -0.2) is 4.79 Å². The third kappa shape index (κ3) is 4.66. The molecule has 0 aliphatic carbocycles. The van der Waals surface area contributed by atoms with Crippen LogP contribution in [0.5, 0.6) is 0 Å². The summed E-state index contributed by atoms with van der Waals surface area (Å²) in [6, 6.07) is 8.63. The maximum absolute atomic E-state index is 11.6. The van der Waals surface area contributed by atoms with Gasteiger partial charge in [-0.2, -0.15) is 0 Å². The normalized spacial score (nSPS) is 15.9. The molecule has 21 heavy (non-hydrogen) atoms. The Hall–Kier alpha value is -1.71. The van der Waals surface area contributed by atoms with Crippen LogP contribution in [-0.2, 0) is 0 Å². The summed E-state index contributed by atoms with van der Waals surface area (Å²) in [7, 11) is 0. The van der Waals surface area contributed by atoms with Crippen LogP contribution in [0.4, 0.5) is 16.2 Å². The minimum absolute atomic E-state index is 0.00000129. The third-order valence-electron chi connectivity index (χ3n) is 3.94. The molecular formula is C17H27N3O. The first-order chi connectivity index (χ1) is 10.2. The number of unbranched alkanes of at least 4 members (excludes halogenated alkanes) is 3. The van der Waals surface area contributed by atoms with E-state index in [4.69, 9.17) is 0 Å². The smallest absolute Gasteiger partial charge is 0.321 e. The molecule has 1 aromatic carbocycles. The maximum Gasteiger partial charge on any atom is 0.321 e. The highest BCUT2D eigenvalue weighted by atomic mass is 16.2. The van der Waals surface area contributed by atoms with Gasteiger partial charge in [0.15, 0.2) is 0 Å². The summed E-state index contributed by atoms with van der Waals surface area (Å²) in [5, 5.41) is 6.35. The lowest BCUT2D eigenvalue weighted by molar-refractivity contribution is 0.252. The molecule has 1 fully saturated rings. The van der Waals surface area contributed by atoms with E-state index >= 15 is 0 Å². The molecule has 1 aliphatic heterocycles. The van der Waals surface area contributed by atoms with Gasteiger partial charge < -0.3 is 10.6 Å². The molecule has 0 bridgehead atoms. The Kier molecular flexibility index (Phi) is 5.90. The lowest BCUT2D eigenvalue weighted by Crippen LogP contribution is -2.27. The van der Waals surface area contributed by atoms with Crippen molar-refractivity contribution in [3.8, 4) is 0 Å². The molecule has 4 heteroatoms. The molecule has 0 spiro atoms. The summed E-state index contributed by atoms with van der Waals surface area (Å²) in [6.07, 6.45) is 6.43. The van der Waals surface area contributed by atoms with Crippen LogP contribution in [-0.4, -0.2) is 25.2 Å². The second-order valence-electron chi connectivity index (χ2n) is 5.83. The predicted molar refractivity (Wildman–Crippen MR) is 89.0 cm³/mol. The van der Waals surface area contributed by atoms with E-state index < -0.39 is 0 Å². The number of nitrogens with zero attached hydrogens (tertiary/aromatic N) is 1. The Morgan fingerprint density at radius 2 is 2.00 bits per heavy atom. The number of nitrogens with one attached hydrogen (secondary N) is 2. The number of hydrogen-bond donors (Lipinski definition) is 2. The molecule has 0 aromatic heterocycles. The lowest BCUT2D eigenvalue weighted by atomic mass is 10.1. The minimum atomic E-state index is 0.00000129. The van der Waals surface area contributed by atoms with Crippen LogP contribution in [0.25, 0.3) is 0 Å². The number of urea groups is 1. The Labute approximate surface area is 127 Å². The fourth-order valence-electron chi connectivity index (χ4n) is 2.69. The molecule has 4 nitrogen and oxygen atoms in total. The summed E-state index contributed by atoms with van der Waals surface area (Å²) in [6.45, 7) is 5.95. The third-order valence-corrected chi connectivity index (χ3v) is 3.94. The van der Waals surface area contributed by atoms with Crippen molar-refractivity contribution >= 4 is 17.4 Å². The Balaban J connectivity index is 1.80. The van der Waals surface area contributed by atoms with E-state index in [9.17, 15) is 4.79 Å². The number of amides is 2. The van der Waals surface area contributed by atoms with E-state index in [1.165, 1.54) is 32.1 Å². The lowest BCUT2D eigenvalue weighted by Gasteiger charge is -2.17. The van der Waals surface area contributed by atoms with E-state index in [-0.39, 0.29) is 6.03 Å². The number of hydrogen-bond acceptors (Lipinski definition) is 2. The van der Waals surface area contributed by atoms with Crippen molar-refractivity contribution in [2.75, 3.05) is 23.3 Å². The molecule has 1 heterocycles. The largest absolute Gasteiger partial charge is 0.383 e. The zero-order valence-corrected chi connectivity index (χ0v) is 13.2. The summed E-state index contributed by atoms with van der Waals surface area (Å²) in [5.41, 5.74) is 2.09. The van der Waals surface area contributed by atoms with Crippen molar-refractivity contribution in [1.29, 1.82) is 0 Å². The second kappa shape index (κ2) is 7.91. The van der Waals surface area contributed by atoms with Crippen molar-refractivity contribution in [3.05, 3.63) is 24.3 Å². The van der Waals surface area contributed by atoms with Crippen molar-refractivity contribution in [2.45, 2.75) is 52.0 Å². The standard InChI is InChI=1S/C17H27N3O/c1-3-4-5-6-7-14(2)19-15-8-10-16(11-9-15)20-13-12-18-17(20)21/h8-11,14,19H,3-7,12-13H2,1-2H3,(H,18,21). The summed E-state index contributed by atoms with van der Waals surface area (Å²) < 4.78 is 0. The predicted octanol–water partition coefficient (Wildman–Crippen LogP) is 3.99. The number of benzene rings is 1. The fourth-order valence-corrected chi connectivity index (χ4v) is 2.69. The first-order valence-corrected chi connectivity index (χ1v) is 8.12. The second-order valence-corrected chi connectivity index (χ2v) is 5.83. The molecule has 1 aliphatic rings. The Bertz CT molecular complexity index is 444. The molecule has 0 radical (unpaired) electrons. The average molecular weight is 289 g/mol. The van der Waals surface area contributed by atoms with Gasteiger partial charge in [-0.05, 0) is 37.6 Å². The van der Waals surface area contributed by atoms with Gasteiger partial charge >= 0.3 is 6.03 Å². The number of carbonyl (C=O) groups excluding carboxylic acids is 1. The SMILES string of the molecule is CCCCCCC(C)Nc1ccc(N2CCNC2=O)cc1. The van der Waals surface area contributed by atoms with Crippen molar-refractivity contribution in [3.63, 3.8) is 0 Å². The van der Waals surface area contributed by atoms with Gasteiger partial charge in [0.05, 0.1) is 0 Å². The summed E-state index contributed by atoms with van der Waals surface area (Å²) >= 11 is 0. The summed E-state index contributed by atoms with van der Waals surface area (Å²) in [4.78, 5) is 13.4. The van der Waals surface area contributed by atoms with Crippen LogP contribution in [0.2, 0.25) is 0 Å². The molecule has 1 unspecified atom stereocenters. The minimum Gasteiger partial charge on any atom is -0.383 e. The first-order valence-electron chi connectivity index (χ1n) is 8.12. The van der Waals surface area contributed by atoms with Gasteiger partial charge in [-0.3, -0.25) is 4.90 Å². The highest BCUT2D eigenvalue weighted by Crippen LogP contribution is 2.20. The van der Waals surface area contributed by atoms with E-state index in [1.807, 2.05) is 12.1 Å². The van der Waals surface area contributed by atoms with Crippen LogP contribution >= 0.6 is 0 Å². The zero-order valence-electron chi connectivity index (χ0n) is 13.2. The number of carbonyl (C=O) groups is 1. The molecular weight excluding hydrogens is 262 g/mol. The molecule has 1 saturated heterocycles. The van der Waals surface area contributed by atoms with Crippen LogP contribution in [0.3, 0.4) is 0 Å². The van der Waals surface area contributed by atoms with E-state index in [1.54, 1.807) is 4.90 Å². The Morgan fingerprint density at radius 3 is 2.62 bits per heavy atom. The summed E-state index contributed by atoms with van der Waals surface area (Å²) in [5.74, 6) is 0. The van der Waals surface area contributed by atoms with Gasteiger partial charge in [0, 0.05) is 30.5 Å². The molecule has 2 N–H and O–H groups in total. The van der Waals surface area contributed by atoms with E-state index in [2.05, 4.69) is 36.6 Å². The maximum atomic E-state index is 11.6. The topological polar surface area (TPSA) is 44.4 Å². The monoisotopic (exact) mass is 289 g/mol. The van der Waals surface area contributed by atoms with Crippen molar-refractivity contribution in [2.24, 2.45) is 0 Å². The Morgan fingerprint density at radius 1 is 1.24 bits per heavy atom. The quantitative estimate of drug-likeness (QED) is 0.711. The highest BCUT2D eigenvalue weighted by Gasteiger charge is 2.20. The van der Waals surface area contributed by atoms with Crippen molar-refractivity contribution < 1.29 is 4.79 Å². The van der Waals surface area contributed by atoms with Gasteiger partial charge in [0.2, 0.25) is 0 Å². The molecule has 116 valence electrons. The zero-order chi connectivity index (χ0) is 15.1. The van der Waals surface area contributed by atoms with Crippen molar-refractivity contribution in [1.82, 2.24) is 5.32 Å². The number of rotatable bonds is 8. The van der Waals surface area contributed by atoms with E-state index in [0.717, 1.165) is 24.5 Å². The molecule has 2 rings (SSSR count). The van der Waals surface area contributed by atoms with Crippen LogP contribution in [0, 0.1) is 0 Å². The van der Waals surface area contributed by atoms with Crippen LogP contribution in [0.1, 0.15) is 46.0 Å². The highest BCUT2D eigenvalue weighted by molar-refractivity contribution is 5.94. The van der Waals surface area contributed by atoms with Gasteiger partial charge in [-0.15, -0.1) is 0 Å². The molecule has 1 atom stereocenters. The number of anilines is 2. The van der Waals surface area contributed by atoms with Crippen LogP contribution < -0.4 is 15.5 Å². The fraction of sp³-hybridized carbons (Fsp3) is 0.588. The van der Waals surface area contributed by atoms with Gasteiger partial charge in [0.25, 0.3) is 0 Å². The molecule has 1 aromatic rings. The van der Waals surface area contributed by atoms with Gasteiger partial charge in [-0.1, -0.05) is 32.6 Å². The first kappa shape index (κ1) is 15.7. The van der Waals surface area contributed by atoms with Gasteiger partial charge in [0.1, 0.15) is 0 Å².